The van der Waals surface area contributed by atoms with E-state index in [1.807, 2.05) is 0 Å². The Balaban J connectivity index is 4.55. The molecule has 0 aliphatic heterocycles. The third-order valence-corrected chi connectivity index (χ3v) is 12.5. The highest BCUT2D eigenvalue weighted by Crippen LogP contribution is 2.18. The molecular weight excluding hydrogens is 755 g/mol. The molecule has 0 saturated heterocycles. The number of nitrogens with one attached hydrogen (secondary N) is 1. The molecular formula is C55H105NO5. The molecule has 0 aromatic carbocycles. The van der Waals surface area contributed by atoms with Gasteiger partial charge in [0.2, 0.25) is 5.91 Å². The van der Waals surface area contributed by atoms with Gasteiger partial charge in [-0.3, -0.25) is 9.59 Å². The molecule has 0 rings (SSSR count). The van der Waals surface area contributed by atoms with E-state index in [4.69, 9.17) is 4.74 Å². The van der Waals surface area contributed by atoms with Crippen molar-refractivity contribution in [2.24, 2.45) is 0 Å². The highest BCUT2D eigenvalue weighted by Gasteiger charge is 2.24. The van der Waals surface area contributed by atoms with E-state index in [-0.39, 0.29) is 24.9 Å². The number of rotatable bonds is 49. The summed E-state index contributed by atoms with van der Waals surface area (Å²) in [4.78, 5) is 26.2. The van der Waals surface area contributed by atoms with Crippen molar-refractivity contribution in [3.63, 3.8) is 0 Å². The van der Waals surface area contributed by atoms with Gasteiger partial charge in [0.15, 0.2) is 0 Å². The van der Waals surface area contributed by atoms with Crippen molar-refractivity contribution in [2.75, 3.05) is 6.61 Å². The minimum absolute atomic E-state index is 0.0752. The molecule has 1 amide bonds. The zero-order valence-corrected chi connectivity index (χ0v) is 41.1. The van der Waals surface area contributed by atoms with E-state index in [1.54, 1.807) is 0 Å². The number of ether oxygens (including phenoxy) is 1. The minimum Gasteiger partial charge on any atom is -0.462 e. The van der Waals surface area contributed by atoms with Crippen LogP contribution in [0.1, 0.15) is 290 Å². The van der Waals surface area contributed by atoms with E-state index in [0.717, 1.165) is 64.2 Å². The van der Waals surface area contributed by atoms with Crippen LogP contribution in [0.5, 0.6) is 0 Å². The van der Waals surface area contributed by atoms with Crippen LogP contribution in [0.4, 0.5) is 0 Å². The topological polar surface area (TPSA) is 95.9 Å². The molecule has 3 unspecified atom stereocenters. The maximum Gasteiger partial charge on any atom is 0.306 e. The monoisotopic (exact) mass is 860 g/mol. The summed E-state index contributed by atoms with van der Waals surface area (Å²) in [5, 5.41) is 23.7. The largest absolute Gasteiger partial charge is 0.462 e. The molecule has 61 heavy (non-hydrogen) atoms. The van der Waals surface area contributed by atoms with Crippen LogP contribution >= 0.6 is 0 Å². The standard InChI is InChI=1S/C55H105NO5/c1-4-7-10-13-16-19-21-23-25-27-28-30-32-35-37-40-43-46-51(49-54(59)56-52(50-57)53(58)47-44-41-38-34-18-15-12-9-6-3)61-55(60)48-45-42-39-36-33-31-29-26-24-22-20-17-14-11-8-5-2/h23,25-26,29,51-53,57-58H,4-22,24,27-28,30-50H2,1-3H3,(H,56,59)/b25-23+,29-26+. The van der Waals surface area contributed by atoms with E-state index >= 15 is 0 Å². The van der Waals surface area contributed by atoms with Crippen molar-refractivity contribution in [2.45, 2.75) is 309 Å². The number of hydrogen-bond acceptors (Lipinski definition) is 5. The maximum atomic E-state index is 13.2. The fourth-order valence-corrected chi connectivity index (χ4v) is 8.36. The minimum atomic E-state index is -0.786. The number of carbonyl (C=O) groups excluding carboxylic acids is 2. The first-order valence-electron chi connectivity index (χ1n) is 27.1. The number of esters is 1. The number of carbonyl (C=O) groups is 2. The Hall–Kier alpha value is -1.66. The Morgan fingerprint density at radius 2 is 0.787 bits per heavy atom. The first-order chi connectivity index (χ1) is 30.0. The molecule has 0 saturated carbocycles. The van der Waals surface area contributed by atoms with Crippen LogP contribution in [0.25, 0.3) is 0 Å². The summed E-state index contributed by atoms with van der Waals surface area (Å²) >= 11 is 0. The van der Waals surface area contributed by atoms with E-state index in [2.05, 4.69) is 50.4 Å². The quantitative estimate of drug-likeness (QED) is 0.0322. The summed E-state index contributed by atoms with van der Waals surface area (Å²) in [6.45, 7) is 6.48. The Morgan fingerprint density at radius 3 is 1.16 bits per heavy atom. The number of aliphatic hydroxyl groups is 2. The van der Waals surface area contributed by atoms with Gasteiger partial charge in [0.25, 0.3) is 0 Å². The SMILES string of the molecule is CCCCCCCC/C=C/CCCCCCCCCC(CC(=O)NC(CO)C(O)CCCCCCCCCCC)OC(=O)CCCCCCC/C=C/CCCCCCCCC. The average Bonchev–Trinajstić information content (AvgIpc) is 3.25. The molecule has 0 aliphatic carbocycles. The van der Waals surface area contributed by atoms with Gasteiger partial charge in [0.1, 0.15) is 6.10 Å². The van der Waals surface area contributed by atoms with Crippen LogP contribution < -0.4 is 5.32 Å². The van der Waals surface area contributed by atoms with Crippen molar-refractivity contribution in [1.29, 1.82) is 0 Å². The number of allylic oxidation sites excluding steroid dienone is 4. The lowest BCUT2D eigenvalue weighted by atomic mass is 10.0. The molecule has 0 bridgehead atoms. The molecule has 0 aliphatic rings. The van der Waals surface area contributed by atoms with Crippen LogP contribution in [0, 0.1) is 0 Å². The third-order valence-electron chi connectivity index (χ3n) is 12.5. The highest BCUT2D eigenvalue weighted by atomic mass is 16.5. The molecule has 0 fully saturated rings. The lowest BCUT2D eigenvalue weighted by Gasteiger charge is -2.24. The van der Waals surface area contributed by atoms with Gasteiger partial charge in [0, 0.05) is 6.42 Å². The van der Waals surface area contributed by atoms with Gasteiger partial charge in [-0.05, 0) is 77.0 Å². The fraction of sp³-hybridized carbons (Fsp3) is 0.891. The first kappa shape index (κ1) is 59.3. The van der Waals surface area contributed by atoms with Crippen LogP contribution in [0.3, 0.4) is 0 Å². The zero-order valence-electron chi connectivity index (χ0n) is 41.1. The molecule has 6 heteroatoms. The molecule has 0 spiro atoms. The molecule has 360 valence electrons. The van der Waals surface area contributed by atoms with Gasteiger partial charge in [0.05, 0.1) is 25.2 Å². The summed E-state index contributed by atoms with van der Waals surface area (Å²) in [5.74, 6) is -0.475. The molecule has 3 N–H and O–H groups in total. The molecule has 0 aromatic heterocycles. The van der Waals surface area contributed by atoms with Gasteiger partial charge in [-0.1, -0.05) is 225 Å². The normalized spacial score (nSPS) is 13.3. The molecule has 6 nitrogen and oxygen atoms in total. The molecule has 3 atom stereocenters. The predicted octanol–water partition coefficient (Wildman–Crippen LogP) is 16.3. The van der Waals surface area contributed by atoms with E-state index in [1.165, 1.54) is 180 Å². The van der Waals surface area contributed by atoms with Crippen LogP contribution in [-0.2, 0) is 14.3 Å². The zero-order chi connectivity index (χ0) is 44.5. The first-order valence-corrected chi connectivity index (χ1v) is 27.1. The average molecular weight is 860 g/mol. The second-order valence-electron chi connectivity index (χ2n) is 18.6. The number of aliphatic hydroxyl groups excluding tert-OH is 2. The van der Waals surface area contributed by atoms with Crippen molar-refractivity contribution in [3.8, 4) is 0 Å². The molecule has 0 heterocycles. The number of amides is 1. The van der Waals surface area contributed by atoms with Crippen molar-refractivity contribution < 1.29 is 24.5 Å². The van der Waals surface area contributed by atoms with Crippen molar-refractivity contribution in [3.05, 3.63) is 24.3 Å². The summed E-state index contributed by atoms with van der Waals surface area (Å²) in [6, 6.07) is -0.700. The van der Waals surface area contributed by atoms with E-state index in [9.17, 15) is 19.8 Å². The van der Waals surface area contributed by atoms with Gasteiger partial charge in [-0.15, -0.1) is 0 Å². The van der Waals surface area contributed by atoms with Crippen molar-refractivity contribution in [1.82, 2.24) is 5.32 Å². The fourth-order valence-electron chi connectivity index (χ4n) is 8.36. The van der Waals surface area contributed by atoms with E-state index < -0.39 is 18.2 Å². The predicted molar refractivity (Wildman–Crippen MR) is 264 cm³/mol. The van der Waals surface area contributed by atoms with Crippen LogP contribution in [0.2, 0.25) is 0 Å². The summed E-state index contributed by atoms with van der Waals surface area (Å²) < 4.78 is 5.94. The van der Waals surface area contributed by atoms with Crippen LogP contribution in [0.15, 0.2) is 24.3 Å². The van der Waals surface area contributed by atoms with Gasteiger partial charge in [-0.25, -0.2) is 0 Å². The lowest BCUT2D eigenvalue weighted by Crippen LogP contribution is -2.46. The second-order valence-corrected chi connectivity index (χ2v) is 18.6. The number of unbranched alkanes of at least 4 members (excludes halogenated alkanes) is 33. The lowest BCUT2D eigenvalue weighted by molar-refractivity contribution is -0.151. The second kappa shape index (κ2) is 49.4. The van der Waals surface area contributed by atoms with Gasteiger partial charge in [-0.2, -0.15) is 0 Å². The van der Waals surface area contributed by atoms with Crippen LogP contribution in [-0.4, -0.2) is 46.9 Å². The Morgan fingerprint density at radius 1 is 0.459 bits per heavy atom. The molecule has 0 radical (unpaired) electrons. The summed E-state index contributed by atoms with van der Waals surface area (Å²) in [6.07, 6.45) is 56.7. The van der Waals surface area contributed by atoms with E-state index in [0.29, 0.717) is 19.3 Å². The van der Waals surface area contributed by atoms with Gasteiger partial charge < -0.3 is 20.3 Å². The van der Waals surface area contributed by atoms with Gasteiger partial charge >= 0.3 is 5.97 Å². The smallest absolute Gasteiger partial charge is 0.306 e. The highest BCUT2D eigenvalue weighted by molar-refractivity contribution is 5.77. The summed E-state index contributed by atoms with van der Waals surface area (Å²) in [7, 11) is 0. The summed E-state index contributed by atoms with van der Waals surface area (Å²) in [5.41, 5.74) is 0. The number of hydrogen-bond donors (Lipinski definition) is 3. The maximum absolute atomic E-state index is 13.2. The Kier molecular flexibility index (Phi) is 48.0. The third kappa shape index (κ3) is 44.7. The Labute approximate surface area is 380 Å². The van der Waals surface area contributed by atoms with Crippen molar-refractivity contribution >= 4 is 11.9 Å². The Bertz CT molecular complexity index is 966. The molecule has 0 aromatic rings.